The Bertz CT molecular complexity index is 764. The van der Waals surface area contributed by atoms with Gasteiger partial charge in [0, 0.05) is 29.0 Å². The van der Waals surface area contributed by atoms with E-state index in [1.165, 1.54) is 17.4 Å². The molecule has 0 fully saturated rings. The van der Waals surface area contributed by atoms with E-state index >= 15 is 0 Å². The maximum atomic E-state index is 12.2. The number of aliphatic hydroxyl groups is 1. The predicted octanol–water partition coefficient (Wildman–Crippen LogP) is 1.55. The van der Waals surface area contributed by atoms with Crippen LogP contribution in [0, 0.1) is 5.41 Å². The summed E-state index contributed by atoms with van der Waals surface area (Å²) in [5, 5.41) is 26.3. The lowest BCUT2D eigenvalue weighted by Crippen LogP contribution is -2.32. The quantitative estimate of drug-likeness (QED) is 0.171. The molecule has 2 rings (SSSR count). The van der Waals surface area contributed by atoms with Gasteiger partial charge in [0.2, 0.25) is 0 Å². The number of aliphatic imine (C=N–C) groups is 1. The van der Waals surface area contributed by atoms with Gasteiger partial charge in [0.05, 0.1) is 18.9 Å². The molecule has 0 saturated carbocycles. The first-order chi connectivity index (χ1) is 13.5. The van der Waals surface area contributed by atoms with Crippen LogP contribution in [0.5, 0.6) is 0 Å². The van der Waals surface area contributed by atoms with Gasteiger partial charge in [0.1, 0.15) is 6.73 Å². The number of halogens is 2. The van der Waals surface area contributed by atoms with Crippen LogP contribution in [0.4, 0.5) is 13.6 Å². The maximum Gasteiger partial charge on any atom is 0.408 e. The van der Waals surface area contributed by atoms with Gasteiger partial charge in [-0.2, -0.15) is 8.78 Å². The first-order valence-corrected chi connectivity index (χ1v) is 9.13. The molecule has 1 aliphatic heterocycles. The minimum Gasteiger partial charge on any atom is -0.450 e. The summed E-state index contributed by atoms with van der Waals surface area (Å²) in [7, 11) is 0. The minimum atomic E-state index is -2.71. The number of alkyl carbamates (subject to hydrolysis) is 1. The highest BCUT2D eigenvalue weighted by molar-refractivity contribution is 7.11. The van der Waals surface area contributed by atoms with Crippen molar-refractivity contribution in [3.8, 4) is 0 Å². The summed E-state index contributed by atoms with van der Waals surface area (Å²) in [6, 6.07) is 0. The van der Waals surface area contributed by atoms with Gasteiger partial charge in [-0.05, 0) is 18.9 Å². The Hall–Kier alpha value is -2.86. The largest absolute Gasteiger partial charge is 0.450 e. The molecule has 0 unspecified atom stereocenters. The summed E-state index contributed by atoms with van der Waals surface area (Å²) in [6.07, 6.45) is 4.05. The van der Waals surface area contributed by atoms with E-state index in [-0.39, 0.29) is 18.9 Å². The van der Waals surface area contributed by atoms with Gasteiger partial charge < -0.3 is 25.9 Å². The highest BCUT2D eigenvalue weighted by atomic mass is 32.1. The van der Waals surface area contributed by atoms with Crippen LogP contribution in [0.3, 0.4) is 0 Å². The van der Waals surface area contributed by atoms with Crippen molar-refractivity contribution < 1.29 is 23.4 Å². The van der Waals surface area contributed by atoms with E-state index in [2.05, 4.69) is 20.6 Å². The Morgan fingerprint density at radius 1 is 1.54 bits per heavy atom. The number of hydrogen-bond donors (Lipinski definition) is 5. The smallest absolute Gasteiger partial charge is 0.408 e. The Kier molecular flexibility index (Phi) is 8.49. The Morgan fingerprint density at radius 3 is 3.04 bits per heavy atom. The molecule has 5 N–H and O–H groups in total. The summed E-state index contributed by atoms with van der Waals surface area (Å²) >= 11 is 1.41. The van der Waals surface area contributed by atoms with Crippen molar-refractivity contribution in [2.24, 2.45) is 4.99 Å². The van der Waals surface area contributed by atoms with Crippen LogP contribution in [0.2, 0.25) is 0 Å². The van der Waals surface area contributed by atoms with Crippen molar-refractivity contribution in [3.63, 3.8) is 0 Å². The monoisotopic (exact) mass is 414 g/mol. The van der Waals surface area contributed by atoms with Gasteiger partial charge in [0.25, 0.3) is 0 Å². The molecular weight excluding hydrogens is 394 g/mol. The number of alkyl halides is 2. The lowest BCUT2D eigenvalue weighted by atomic mass is 10.0. The number of nitrogens with zero attached hydrogens (tertiary/aromatic N) is 2. The van der Waals surface area contributed by atoms with Gasteiger partial charge in [-0.1, -0.05) is 0 Å². The number of nitrogens with one attached hydrogen (secondary N) is 4. The molecule has 12 heteroatoms. The molecule has 28 heavy (non-hydrogen) atoms. The number of carbonyl (C=O) groups excluding carboxylic acids is 1. The van der Waals surface area contributed by atoms with Gasteiger partial charge >= 0.3 is 12.6 Å². The van der Waals surface area contributed by atoms with Crippen LogP contribution < -0.4 is 16.0 Å². The number of amides is 1. The molecule has 1 aromatic rings. The van der Waals surface area contributed by atoms with Crippen LogP contribution in [0.25, 0.3) is 0 Å². The van der Waals surface area contributed by atoms with Gasteiger partial charge in [0.15, 0.2) is 10.8 Å². The summed E-state index contributed by atoms with van der Waals surface area (Å²) in [5.74, 6) is 0.565. The second-order valence-electron chi connectivity index (χ2n) is 5.37. The van der Waals surface area contributed by atoms with Crippen molar-refractivity contribution in [2.45, 2.75) is 19.4 Å². The minimum absolute atomic E-state index is 0.0385. The Labute approximate surface area is 163 Å². The number of carbonyl (C=O) groups is 1. The van der Waals surface area contributed by atoms with Crippen LogP contribution in [-0.4, -0.2) is 54.2 Å². The van der Waals surface area contributed by atoms with Crippen LogP contribution in [0.15, 0.2) is 40.1 Å². The molecule has 0 saturated heterocycles. The SMILES string of the molecule is N=C(/C=C\NC(F)F)C1=C(CCCOC(=O)NCO)NC(c2nccs2)=NC1. The van der Waals surface area contributed by atoms with Crippen molar-refractivity contribution in [2.75, 3.05) is 19.9 Å². The average Bonchev–Trinajstić information content (AvgIpc) is 3.19. The zero-order valence-corrected chi connectivity index (χ0v) is 15.6. The number of aliphatic hydroxyl groups excluding tert-OH is 1. The van der Waals surface area contributed by atoms with Crippen molar-refractivity contribution in [3.05, 3.63) is 40.1 Å². The number of rotatable bonds is 10. The first-order valence-electron chi connectivity index (χ1n) is 8.25. The zero-order chi connectivity index (χ0) is 20.4. The molecule has 0 aromatic carbocycles. The molecule has 1 amide bonds. The molecule has 1 aromatic heterocycles. The molecule has 9 nitrogen and oxygen atoms in total. The lowest BCUT2D eigenvalue weighted by molar-refractivity contribution is 0.125. The lowest BCUT2D eigenvalue weighted by Gasteiger charge is -2.21. The first kappa shape index (κ1) is 21.4. The average molecular weight is 414 g/mol. The third-order valence-electron chi connectivity index (χ3n) is 3.49. The Morgan fingerprint density at radius 2 is 2.36 bits per heavy atom. The summed E-state index contributed by atoms with van der Waals surface area (Å²) in [5.41, 5.74) is 1.27. The molecule has 0 radical (unpaired) electrons. The van der Waals surface area contributed by atoms with E-state index in [0.29, 0.717) is 35.0 Å². The fraction of sp³-hybridized carbons (Fsp3) is 0.375. The maximum absolute atomic E-state index is 12.2. The molecule has 2 heterocycles. The van der Waals surface area contributed by atoms with Crippen LogP contribution in [0.1, 0.15) is 17.8 Å². The predicted molar refractivity (Wildman–Crippen MR) is 100 cm³/mol. The molecule has 0 aliphatic carbocycles. The van der Waals surface area contributed by atoms with Gasteiger partial charge in [-0.15, -0.1) is 11.3 Å². The summed E-state index contributed by atoms with van der Waals surface area (Å²) in [4.78, 5) is 19.8. The van der Waals surface area contributed by atoms with E-state index in [0.717, 1.165) is 6.20 Å². The third-order valence-corrected chi connectivity index (χ3v) is 4.27. The second kappa shape index (κ2) is 11.1. The standard InChI is InChI=1S/C16H20F2N6O3S/c17-15(18)21-4-3-11(19)10-8-22-13(14-20-5-7-28-14)24-12(10)2-1-6-27-16(26)23-9-25/h3-5,7,15,19,21,25H,1-2,6,8-9H2,(H,22,24)(H,23,26)/b4-3-,19-11?. The highest BCUT2D eigenvalue weighted by Gasteiger charge is 2.19. The van der Waals surface area contributed by atoms with E-state index in [1.54, 1.807) is 6.20 Å². The van der Waals surface area contributed by atoms with Crippen LogP contribution in [-0.2, 0) is 4.74 Å². The molecule has 0 bridgehead atoms. The van der Waals surface area contributed by atoms with Crippen LogP contribution >= 0.6 is 11.3 Å². The summed E-state index contributed by atoms with van der Waals surface area (Å²) in [6.45, 7) is -2.93. The summed E-state index contributed by atoms with van der Waals surface area (Å²) < 4.78 is 29.3. The number of hydrogen-bond acceptors (Lipinski definition) is 9. The zero-order valence-electron chi connectivity index (χ0n) is 14.7. The van der Waals surface area contributed by atoms with Crippen molar-refractivity contribution >= 4 is 29.0 Å². The normalized spacial score (nSPS) is 14.1. The molecule has 152 valence electrons. The molecule has 0 atom stereocenters. The fourth-order valence-electron chi connectivity index (χ4n) is 2.27. The van der Waals surface area contributed by atoms with Gasteiger partial charge in [-0.25, -0.2) is 9.78 Å². The van der Waals surface area contributed by atoms with Crippen molar-refractivity contribution in [1.82, 2.24) is 20.9 Å². The molecular formula is C16H20F2N6O3S. The number of amidine groups is 1. The Balaban J connectivity index is 2.04. The van der Waals surface area contributed by atoms with E-state index in [4.69, 9.17) is 15.3 Å². The number of thiazole rings is 1. The second-order valence-corrected chi connectivity index (χ2v) is 6.27. The fourth-order valence-corrected chi connectivity index (χ4v) is 2.87. The van der Waals surface area contributed by atoms with E-state index in [1.807, 2.05) is 10.7 Å². The third kappa shape index (κ3) is 6.70. The highest BCUT2D eigenvalue weighted by Crippen LogP contribution is 2.18. The van der Waals surface area contributed by atoms with Crippen molar-refractivity contribution in [1.29, 1.82) is 5.41 Å². The van der Waals surface area contributed by atoms with Gasteiger partial charge in [-0.3, -0.25) is 10.3 Å². The van der Waals surface area contributed by atoms with E-state index < -0.39 is 19.4 Å². The number of ether oxygens (including phenoxy) is 1. The molecule has 0 spiro atoms. The topological polar surface area (TPSA) is 132 Å². The number of aromatic nitrogens is 1. The van der Waals surface area contributed by atoms with E-state index in [9.17, 15) is 13.6 Å². The number of allylic oxidation sites excluding steroid dienone is 2. The molecule has 1 aliphatic rings.